The second kappa shape index (κ2) is 7.00. The zero-order chi connectivity index (χ0) is 17.1. The maximum absolute atomic E-state index is 4.89. The fourth-order valence-corrected chi connectivity index (χ4v) is 2.92. The molecule has 0 fully saturated rings. The molecule has 0 amide bonds. The molecule has 0 saturated carbocycles. The quantitative estimate of drug-likeness (QED) is 0.666. The normalized spacial score (nSPS) is 11.2. The average molecular weight is 319 g/mol. The third kappa shape index (κ3) is 3.56. The van der Waals surface area contributed by atoms with E-state index in [2.05, 4.69) is 62.1 Å². The van der Waals surface area contributed by atoms with Crippen LogP contribution >= 0.6 is 0 Å². The van der Waals surface area contributed by atoms with Gasteiger partial charge < -0.3 is 4.90 Å². The third-order valence-corrected chi connectivity index (χ3v) is 4.31. The minimum Gasteiger partial charge on any atom is -0.377 e. The molecule has 3 heteroatoms. The SMILES string of the molecule is CC(C)CCc1cc(N(C)C)c2cc(-c3ccncc3)ccc2n1. The molecule has 0 spiro atoms. The molecular formula is C21H25N3. The number of hydrogen-bond donors (Lipinski definition) is 0. The molecule has 0 saturated heterocycles. The van der Waals surface area contributed by atoms with E-state index in [4.69, 9.17) is 4.98 Å². The Labute approximate surface area is 144 Å². The Balaban J connectivity index is 2.08. The van der Waals surface area contributed by atoms with Crippen molar-refractivity contribution in [1.82, 2.24) is 9.97 Å². The van der Waals surface area contributed by atoms with Gasteiger partial charge in [-0.25, -0.2) is 0 Å². The highest BCUT2D eigenvalue weighted by Crippen LogP contribution is 2.30. The van der Waals surface area contributed by atoms with Crippen LogP contribution in [-0.2, 0) is 6.42 Å². The van der Waals surface area contributed by atoms with Gasteiger partial charge in [-0.2, -0.15) is 0 Å². The fourth-order valence-electron chi connectivity index (χ4n) is 2.92. The number of rotatable bonds is 5. The van der Waals surface area contributed by atoms with Gasteiger partial charge in [0, 0.05) is 43.3 Å². The van der Waals surface area contributed by atoms with Crippen LogP contribution in [0.3, 0.4) is 0 Å². The molecule has 0 radical (unpaired) electrons. The van der Waals surface area contributed by atoms with E-state index in [1.807, 2.05) is 24.5 Å². The van der Waals surface area contributed by atoms with Crippen molar-refractivity contribution in [3.63, 3.8) is 0 Å². The van der Waals surface area contributed by atoms with E-state index in [1.165, 1.54) is 34.3 Å². The molecule has 0 unspecified atom stereocenters. The Morgan fingerprint density at radius 1 is 0.958 bits per heavy atom. The first kappa shape index (κ1) is 16.4. The Bertz CT molecular complexity index is 823. The molecule has 0 aliphatic rings. The van der Waals surface area contributed by atoms with Gasteiger partial charge in [-0.15, -0.1) is 0 Å². The van der Waals surface area contributed by atoms with Gasteiger partial charge in [-0.05, 0) is 60.2 Å². The lowest BCUT2D eigenvalue weighted by molar-refractivity contribution is 0.582. The summed E-state index contributed by atoms with van der Waals surface area (Å²) < 4.78 is 0. The predicted octanol–water partition coefficient (Wildman–Crippen LogP) is 4.95. The molecule has 0 N–H and O–H groups in total. The lowest BCUT2D eigenvalue weighted by atomic mass is 10.0. The van der Waals surface area contributed by atoms with Crippen LogP contribution in [0.25, 0.3) is 22.0 Å². The average Bonchev–Trinajstić information content (AvgIpc) is 2.59. The number of nitrogens with zero attached hydrogens (tertiary/aromatic N) is 3. The van der Waals surface area contributed by atoms with E-state index in [0.29, 0.717) is 5.92 Å². The smallest absolute Gasteiger partial charge is 0.0726 e. The lowest BCUT2D eigenvalue weighted by Crippen LogP contribution is -2.10. The summed E-state index contributed by atoms with van der Waals surface area (Å²) in [5.74, 6) is 0.694. The molecule has 0 atom stereocenters. The number of hydrogen-bond acceptors (Lipinski definition) is 3. The number of fused-ring (bicyclic) bond motifs is 1. The van der Waals surface area contributed by atoms with E-state index in [0.717, 1.165) is 11.9 Å². The van der Waals surface area contributed by atoms with E-state index in [1.54, 1.807) is 0 Å². The topological polar surface area (TPSA) is 29.0 Å². The number of benzene rings is 1. The summed E-state index contributed by atoms with van der Waals surface area (Å²) in [4.78, 5) is 11.2. The molecule has 2 aromatic heterocycles. The largest absolute Gasteiger partial charge is 0.377 e. The monoisotopic (exact) mass is 319 g/mol. The van der Waals surface area contributed by atoms with Crippen molar-refractivity contribution in [3.05, 3.63) is 54.5 Å². The Kier molecular flexibility index (Phi) is 4.79. The molecule has 0 aliphatic carbocycles. The summed E-state index contributed by atoms with van der Waals surface area (Å²) >= 11 is 0. The van der Waals surface area contributed by atoms with Crippen molar-refractivity contribution in [2.75, 3.05) is 19.0 Å². The van der Waals surface area contributed by atoms with Crippen LogP contribution in [-0.4, -0.2) is 24.1 Å². The van der Waals surface area contributed by atoms with E-state index < -0.39 is 0 Å². The van der Waals surface area contributed by atoms with Crippen molar-refractivity contribution in [2.24, 2.45) is 5.92 Å². The van der Waals surface area contributed by atoms with Gasteiger partial charge in [0.2, 0.25) is 0 Å². The van der Waals surface area contributed by atoms with Crippen molar-refractivity contribution in [1.29, 1.82) is 0 Å². The van der Waals surface area contributed by atoms with Crippen LogP contribution < -0.4 is 4.90 Å². The molecule has 0 bridgehead atoms. The number of aromatic nitrogens is 2. The summed E-state index contributed by atoms with van der Waals surface area (Å²) in [6.45, 7) is 4.52. The van der Waals surface area contributed by atoms with Crippen molar-refractivity contribution in [2.45, 2.75) is 26.7 Å². The third-order valence-electron chi connectivity index (χ3n) is 4.31. The van der Waals surface area contributed by atoms with Crippen LogP contribution in [0, 0.1) is 5.92 Å². The van der Waals surface area contributed by atoms with Crippen LogP contribution in [0.2, 0.25) is 0 Å². The molecule has 3 rings (SSSR count). The zero-order valence-corrected chi connectivity index (χ0v) is 15.0. The highest BCUT2D eigenvalue weighted by molar-refractivity contribution is 5.95. The van der Waals surface area contributed by atoms with Gasteiger partial charge in [-0.1, -0.05) is 19.9 Å². The van der Waals surface area contributed by atoms with Crippen LogP contribution in [0.5, 0.6) is 0 Å². The van der Waals surface area contributed by atoms with Crippen molar-refractivity contribution in [3.8, 4) is 11.1 Å². The molecular weight excluding hydrogens is 294 g/mol. The minimum absolute atomic E-state index is 0.694. The van der Waals surface area contributed by atoms with Gasteiger partial charge in [-0.3, -0.25) is 9.97 Å². The summed E-state index contributed by atoms with van der Waals surface area (Å²) in [6, 6.07) is 12.8. The summed E-state index contributed by atoms with van der Waals surface area (Å²) in [7, 11) is 4.19. The zero-order valence-electron chi connectivity index (χ0n) is 15.0. The molecule has 3 nitrogen and oxygen atoms in total. The van der Waals surface area contributed by atoms with Gasteiger partial charge in [0.1, 0.15) is 0 Å². The first-order chi connectivity index (χ1) is 11.5. The fraction of sp³-hybridized carbons (Fsp3) is 0.333. The minimum atomic E-state index is 0.694. The van der Waals surface area contributed by atoms with Crippen molar-refractivity contribution >= 4 is 16.6 Å². The van der Waals surface area contributed by atoms with Crippen LogP contribution in [0.4, 0.5) is 5.69 Å². The standard InChI is InChI=1S/C21H25N3/c1-15(2)5-7-18-14-21(24(3)4)19-13-17(6-8-20(19)23-18)16-9-11-22-12-10-16/h6,8-15H,5,7H2,1-4H3. The molecule has 3 aromatic rings. The van der Waals surface area contributed by atoms with Crippen LogP contribution in [0.1, 0.15) is 26.0 Å². The van der Waals surface area contributed by atoms with Crippen LogP contribution in [0.15, 0.2) is 48.8 Å². The second-order valence-electron chi connectivity index (χ2n) is 6.93. The predicted molar refractivity (Wildman–Crippen MR) is 102 cm³/mol. The summed E-state index contributed by atoms with van der Waals surface area (Å²) in [6.07, 6.45) is 5.86. The maximum Gasteiger partial charge on any atom is 0.0726 e. The maximum atomic E-state index is 4.89. The van der Waals surface area contributed by atoms with Gasteiger partial charge >= 0.3 is 0 Å². The van der Waals surface area contributed by atoms with Crippen molar-refractivity contribution < 1.29 is 0 Å². The molecule has 1 aromatic carbocycles. The van der Waals surface area contributed by atoms with E-state index in [-0.39, 0.29) is 0 Å². The van der Waals surface area contributed by atoms with E-state index in [9.17, 15) is 0 Å². The lowest BCUT2D eigenvalue weighted by Gasteiger charge is -2.18. The summed E-state index contributed by atoms with van der Waals surface area (Å²) in [5, 5.41) is 1.20. The molecule has 24 heavy (non-hydrogen) atoms. The molecule has 124 valence electrons. The Morgan fingerprint density at radius 3 is 2.38 bits per heavy atom. The summed E-state index contributed by atoms with van der Waals surface area (Å²) in [5.41, 5.74) is 5.86. The number of anilines is 1. The second-order valence-corrected chi connectivity index (χ2v) is 6.93. The van der Waals surface area contributed by atoms with E-state index >= 15 is 0 Å². The van der Waals surface area contributed by atoms with Gasteiger partial charge in [0.15, 0.2) is 0 Å². The van der Waals surface area contributed by atoms with Gasteiger partial charge in [0.25, 0.3) is 0 Å². The highest BCUT2D eigenvalue weighted by Gasteiger charge is 2.10. The molecule has 0 aliphatic heterocycles. The highest BCUT2D eigenvalue weighted by atomic mass is 15.1. The Hall–Kier alpha value is -2.42. The molecule has 2 heterocycles. The first-order valence-corrected chi connectivity index (χ1v) is 8.56. The number of pyridine rings is 2. The van der Waals surface area contributed by atoms with Gasteiger partial charge in [0.05, 0.1) is 5.52 Å². The Morgan fingerprint density at radius 2 is 1.71 bits per heavy atom. The number of aryl methyl sites for hydroxylation is 1. The first-order valence-electron chi connectivity index (χ1n) is 8.56.